The van der Waals surface area contributed by atoms with Gasteiger partial charge >= 0.3 is 12.1 Å². The van der Waals surface area contributed by atoms with E-state index in [-0.39, 0.29) is 12.0 Å². The van der Waals surface area contributed by atoms with E-state index >= 15 is 0 Å². The summed E-state index contributed by atoms with van der Waals surface area (Å²) in [5.74, 6) is -1.33. The monoisotopic (exact) mass is 339 g/mol. The van der Waals surface area contributed by atoms with Crippen LogP contribution < -0.4 is 5.32 Å². The quantitative estimate of drug-likeness (QED) is 0.865. The number of nitrogens with one attached hydrogen (secondary N) is 1. The van der Waals surface area contributed by atoms with Gasteiger partial charge in [0.2, 0.25) is 0 Å². The van der Waals surface area contributed by atoms with E-state index in [0.29, 0.717) is 0 Å². The Labute approximate surface area is 116 Å². The second-order valence-electron chi connectivity index (χ2n) is 4.04. The normalized spacial score (nSPS) is 15.0. The van der Waals surface area contributed by atoms with Crippen LogP contribution in [-0.2, 0) is 10.3 Å². The summed E-state index contributed by atoms with van der Waals surface area (Å²) in [6.45, 7) is 0.169. The van der Waals surface area contributed by atoms with Gasteiger partial charge in [-0.2, -0.15) is 13.2 Å². The molecule has 1 aromatic rings. The minimum Gasteiger partial charge on any atom is -0.480 e. The van der Waals surface area contributed by atoms with Gasteiger partial charge in [0.15, 0.2) is 0 Å². The van der Waals surface area contributed by atoms with Crippen molar-refractivity contribution in [3.63, 3.8) is 0 Å². The molecule has 2 N–H and O–H groups in total. The van der Waals surface area contributed by atoms with Gasteiger partial charge in [0.25, 0.3) is 0 Å². The SMILES string of the molecule is CCC(NCC(F)(F)F)(C(=O)O)c1ccc(Br)cc1. The van der Waals surface area contributed by atoms with E-state index in [1.54, 1.807) is 12.1 Å². The van der Waals surface area contributed by atoms with E-state index < -0.39 is 24.2 Å². The van der Waals surface area contributed by atoms with Crippen LogP contribution in [-0.4, -0.2) is 23.8 Å². The molecular weight excluding hydrogens is 327 g/mol. The Kier molecular flexibility index (Phi) is 4.98. The van der Waals surface area contributed by atoms with Crippen molar-refractivity contribution in [2.45, 2.75) is 25.1 Å². The molecule has 0 aliphatic heterocycles. The van der Waals surface area contributed by atoms with Crippen LogP contribution in [0, 0.1) is 0 Å². The van der Waals surface area contributed by atoms with Crippen molar-refractivity contribution in [2.75, 3.05) is 6.54 Å². The second kappa shape index (κ2) is 5.92. The van der Waals surface area contributed by atoms with Gasteiger partial charge in [-0.25, -0.2) is 4.79 Å². The molecule has 19 heavy (non-hydrogen) atoms. The lowest BCUT2D eigenvalue weighted by molar-refractivity contribution is -0.151. The van der Waals surface area contributed by atoms with Gasteiger partial charge in [-0.05, 0) is 24.1 Å². The number of carboxylic acids is 1. The summed E-state index contributed by atoms with van der Waals surface area (Å²) in [7, 11) is 0. The maximum Gasteiger partial charge on any atom is 0.401 e. The molecule has 0 radical (unpaired) electrons. The van der Waals surface area contributed by atoms with Crippen LogP contribution in [0.25, 0.3) is 0 Å². The summed E-state index contributed by atoms with van der Waals surface area (Å²) in [5, 5.41) is 11.4. The third-order valence-electron chi connectivity index (χ3n) is 2.82. The van der Waals surface area contributed by atoms with Crippen molar-refractivity contribution >= 4 is 21.9 Å². The zero-order chi connectivity index (χ0) is 14.7. The van der Waals surface area contributed by atoms with E-state index in [9.17, 15) is 23.1 Å². The summed E-state index contributed by atoms with van der Waals surface area (Å²) in [6, 6.07) is 6.17. The van der Waals surface area contributed by atoms with Gasteiger partial charge in [-0.3, -0.25) is 5.32 Å². The van der Waals surface area contributed by atoms with Crippen molar-refractivity contribution in [1.29, 1.82) is 0 Å². The summed E-state index contributed by atoms with van der Waals surface area (Å²) in [5.41, 5.74) is -1.45. The van der Waals surface area contributed by atoms with Crippen LogP contribution in [0.3, 0.4) is 0 Å². The molecule has 0 saturated heterocycles. The Morgan fingerprint density at radius 2 is 1.84 bits per heavy atom. The molecule has 0 spiro atoms. The van der Waals surface area contributed by atoms with Crippen molar-refractivity contribution in [1.82, 2.24) is 5.32 Å². The predicted octanol–water partition coefficient (Wildman–Crippen LogP) is 3.29. The third kappa shape index (κ3) is 3.94. The Morgan fingerprint density at radius 3 is 2.21 bits per heavy atom. The molecule has 0 aromatic heterocycles. The summed E-state index contributed by atoms with van der Waals surface area (Å²) in [6.07, 6.45) is -4.47. The fourth-order valence-corrected chi connectivity index (χ4v) is 2.03. The van der Waals surface area contributed by atoms with Crippen molar-refractivity contribution in [3.8, 4) is 0 Å². The average molecular weight is 340 g/mol. The first-order valence-electron chi connectivity index (χ1n) is 5.52. The lowest BCUT2D eigenvalue weighted by Crippen LogP contribution is -2.51. The number of carbonyl (C=O) groups is 1. The third-order valence-corrected chi connectivity index (χ3v) is 3.35. The van der Waals surface area contributed by atoms with Gasteiger partial charge in [0, 0.05) is 4.47 Å². The Morgan fingerprint density at radius 1 is 1.32 bits per heavy atom. The Hall–Kier alpha value is -1.08. The van der Waals surface area contributed by atoms with Crippen molar-refractivity contribution in [2.24, 2.45) is 0 Å². The standard InChI is InChI=1S/C12H13BrF3NO2/c1-2-11(10(18)19,17-7-12(14,15)16)8-3-5-9(13)6-4-8/h3-6,17H,2,7H2,1H3,(H,18,19). The zero-order valence-electron chi connectivity index (χ0n) is 10.1. The molecular formula is C12H13BrF3NO2. The van der Waals surface area contributed by atoms with Crippen LogP contribution >= 0.6 is 15.9 Å². The maximum atomic E-state index is 12.3. The number of hydrogen-bond acceptors (Lipinski definition) is 2. The number of alkyl halides is 3. The number of rotatable bonds is 5. The van der Waals surface area contributed by atoms with E-state index in [2.05, 4.69) is 21.2 Å². The van der Waals surface area contributed by atoms with Gasteiger partial charge in [-0.15, -0.1) is 0 Å². The van der Waals surface area contributed by atoms with Crippen LogP contribution in [0.4, 0.5) is 13.2 Å². The maximum absolute atomic E-state index is 12.3. The highest BCUT2D eigenvalue weighted by atomic mass is 79.9. The minimum atomic E-state index is -4.47. The number of aliphatic carboxylic acids is 1. The summed E-state index contributed by atoms with van der Waals surface area (Å²) in [4.78, 5) is 11.4. The van der Waals surface area contributed by atoms with Gasteiger partial charge in [0.05, 0.1) is 6.54 Å². The van der Waals surface area contributed by atoms with Crippen molar-refractivity contribution in [3.05, 3.63) is 34.3 Å². The highest BCUT2D eigenvalue weighted by Gasteiger charge is 2.41. The molecule has 1 atom stereocenters. The lowest BCUT2D eigenvalue weighted by atomic mass is 9.87. The van der Waals surface area contributed by atoms with E-state index in [0.717, 1.165) is 4.47 Å². The molecule has 1 unspecified atom stereocenters. The van der Waals surface area contributed by atoms with Crippen LogP contribution in [0.5, 0.6) is 0 Å². The summed E-state index contributed by atoms with van der Waals surface area (Å²) >= 11 is 3.19. The molecule has 0 saturated carbocycles. The number of hydrogen-bond donors (Lipinski definition) is 2. The molecule has 0 bridgehead atoms. The fourth-order valence-electron chi connectivity index (χ4n) is 1.77. The molecule has 0 aliphatic rings. The second-order valence-corrected chi connectivity index (χ2v) is 4.96. The Balaban J connectivity index is 3.12. The fraction of sp³-hybridized carbons (Fsp3) is 0.417. The molecule has 106 valence electrons. The largest absolute Gasteiger partial charge is 0.480 e. The first-order valence-corrected chi connectivity index (χ1v) is 6.32. The highest BCUT2D eigenvalue weighted by molar-refractivity contribution is 9.10. The minimum absolute atomic E-state index is 0.0000454. The van der Waals surface area contributed by atoms with Gasteiger partial charge < -0.3 is 5.11 Å². The molecule has 3 nitrogen and oxygen atoms in total. The van der Waals surface area contributed by atoms with E-state index in [1.807, 2.05) is 0 Å². The van der Waals surface area contributed by atoms with E-state index in [4.69, 9.17) is 0 Å². The van der Waals surface area contributed by atoms with Crippen LogP contribution in [0.15, 0.2) is 28.7 Å². The number of halogens is 4. The molecule has 1 aromatic carbocycles. The predicted molar refractivity (Wildman–Crippen MR) is 67.8 cm³/mol. The zero-order valence-corrected chi connectivity index (χ0v) is 11.7. The molecule has 0 heterocycles. The first-order chi connectivity index (χ1) is 8.71. The van der Waals surface area contributed by atoms with Gasteiger partial charge in [0.1, 0.15) is 5.54 Å². The first kappa shape index (κ1) is 16.0. The average Bonchev–Trinajstić information content (AvgIpc) is 2.30. The lowest BCUT2D eigenvalue weighted by Gasteiger charge is -2.30. The highest BCUT2D eigenvalue weighted by Crippen LogP contribution is 2.28. The van der Waals surface area contributed by atoms with Gasteiger partial charge in [-0.1, -0.05) is 35.0 Å². The number of benzene rings is 1. The number of carboxylic acid groups (broad SMARTS) is 1. The molecule has 0 aliphatic carbocycles. The summed E-state index contributed by atoms with van der Waals surface area (Å²) < 4.78 is 37.6. The molecule has 0 amide bonds. The molecule has 1 rings (SSSR count). The van der Waals surface area contributed by atoms with Crippen molar-refractivity contribution < 1.29 is 23.1 Å². The van der Waals surface area contributed by atoms with Crippen LogP contribution in [0.2, 0.25) is 0 Å². The van der Waals surface area contributed by atoms with E-state index in [1.165, 1.54) is 19.1 Å². The molecule has 0 fully saturated rings. The van der Waals surface area contributed by atoms with Crippen LogP contribution in [0.1, 0.15) is 18.9 Å². The Bertz CT molecular complexity index is 447. The smallest absolute Gasteiger partial charge is 0.401 e. The molecule has 7 heteroatoms. The topological polar surface area (TPSA) is 49.3 Å².